The van der Waals surface area contributed by atoms with E-state index in [1.807, 2.05) is 39.0 Å². The first-order chi connectivity index (χ1) is 11.2. The molecule has 130 valence electrons. The number of likely N-dealkylation sites (N-methyl/N-ethyl adjacent to an activating group) is 1. The Morgan fingerprint density at radius 1 is 1.25 bits per heavy atom. The smallest absolute Gasteiger partial charge is 0.240 e. The number of carbonyl (C=O) groups is 2. The minimum Gasteiger partial charge on any atom is -0.464 e. The zero-order chi connectivity index (χ0) is 17.9. The first-order valence-corrected chi connectivity index (χ1v) is 8.23. The third kappa shape index (κ3) is 4.60. The van der Waals surface area contributed by atoms with E-state index in [0.29, 0.717) is 0 Å². The van der Waals surface area contributed by atoms with Gasteiger partial charge in [0.15, 0.2) is 0 Å². The van der Waals surface area contributed by atoms with Crippen molar-refractivity contribution in [1.29, 1.82) is 0 Å². The highest BCUT2D eigenvalue weighted by molar-refractivity contribution is 5.90. The zero-order valence-electron chi connectivity index (χ0n) is 15.1. The molecule has 0 aliphatic rings. The van der Waals surface area contributed by atoms with Gasteiger partial charge in [-0.1, -0.05) is 19.1 Å². The normalized spacial score (nSPS) is 11.5. The summed E-state index contributed by atoms with van der Waals surface area (Å²) in [5, 5.41) is 3.81. The molecule has 24 heavy (non-hydrogen) atoms. The summed E-state index contributed by atoms with van der Waals surface area (Å²) in [6.45, 7) is 7.87. The Morgan fingerprint density at radius 2 is 1.96 bits per heavy atom. The SMILES string of the molecule is CCc1ccc2c(CC(=O)N(C)CC(=O)NC(C)(C)C)coc2c1. The van der Waals surface area contributed by atoms with E-state index >= 15 is 0 Å². The van der Waals surface area contributed by atoms with Crippen molar-refractivity contribution in [1.82, 2.24) is 10.2 Å². The van der Waals surface area contributed by atoms with Crippen LogP contribution in [0.5, 0.6) is 0 Å². The highest BCUT2D eigenvalue weighted by Gasteiger charge is 2.19. The number of nitrogens with zero attached hydrogens (tertiary/aromatic N) is 1. The molecular weight excluding hydrogens is 304 g/mol. The van der Waals surface area contributed by atoms with Crippen molar-refractivity contribution in [3.8, 4) is 0 Å². The van der Waals surface area contributed by atoms with Gasteiger partial charge in [0.1, 0.15) is 5.58 Å². The summed E-state index contributed by atoms with van der Waals surface area (Å²) in [5.74, 6) is -0.274. The van der Waals surface area contributed by atoms with Crippen molar-refractivity contribution in [3.05, 3.63) is 35.6 Å². The molecule has 0 saturated heterocycles. The van der Waals surface area contributed by atoms with Crippen LogP contribution in [0.1, 0.15) is 38.8 Å². The van der Waals surface area contributed by atoms with Crippen LogP contribution in [-0.4, -0.2) is 35.8 Å². The van der Waals surface area contributed by atoms with Gasteiger partial charge in [-0.3, -0.25) is 9.59 Å². The van der Waals surface area contributed by atoms with Gasteiger partial charge in [0.05, 0.1) is 19.2 Å². The van der Waals surface area contributed by atoms with Gasteiger partial charge in [0.25, 0.3) is 0 Å². The number of hydrogen-bond acceptors (Lipinski definition) is 3. The van der Waals surface area contributed by atoms with Gasteiger partial charge in [-0.25, -0.2) is 0 Å². The second-order valence-electron chi connectivity index (χ2n) is 7.17. The van der Waals surface area contributed by atoms with Crippen LogP contribution >= 0.6 is 0 Å². The third-order valence-electron chi connectivity index (χ3n) is 3.79. The monoisotopic (exact) mass is 330 g/mol. The van der Waals surface area contributed by atoms with Crippen LogP contribution in [0.4, 0.5) is 0 Å². The highest BCUT2D eigenvalue weighted by Crippen LogP contribution is 2.23. The summed E-state index contributed by atoms with van der Waals surface area (Å²) < 4.78 is 5.57. The molecule has 1 heterocycles. The molecular formula is C19H26N2O3. The van der Waals surface area contributed by atoms with E-state index in [1.54, 1.807) is 13.3 Å². The molecule has 0 atom stereocenters. The number of furan rings is 1. The highest BCUT2D eigenvalue weighted by atomic mass is 16.3. The van der Waals surface area contributed by atoms with Crippen molar-refractivity contribution in [2.24, 2.45) is 0 Å². The van der Waals surface area contributed by atoms with Gasteiger partial charge < -0.3 is 14.6 Å². The fourth-order valence-corrected chi connectivity index (χ4v) is 2.54. The number of benzene rings is 1. The molecule has 1 aromatic heterocycles. The van der Waals surface area contributed by atoms with E-state index in [1.165, 1.54) is 10.5 Å². The van der Waals surface area contributed by atoms with Crippen molar-refractivity contribution >= 4 is 22.8 Å². The van der Waals surface area contributed by atoms with E-state index in [9.17, 15) is 9.59 Å². The average molecular weight is 330 g/mol. The lowest BCUT2D eigenvalue weighted by atomic mass is 10.1. The Balaban J connectivity index is 2.02. The van der Waals surface area contributed by atoms with Crippen molar-refractivity contribution in [3.63, 3.8) is 0 Å². The Labute approximate surface area is 143 Å². The van der Waals surface area contributed by atoms with Crippen LogP contribution in [0.15, 0.2) is 28.9 Å². The number of amides is 2. The maximum absolute atomic E-state index is 12.4. The van der Waals surface area contributed by atoms with Crippen molar-refractivity contribution in [2.75, 3.05) is 13.6 Å². The molecule has 0 spiro atoms. The van der Waals surface area contributed by atoms with E-state index in [-0.39, 0.29) is 30.3 Å². The lowest BCUT2D eigenvalue weighted by molar-refractivity contribution is -0.134. The first-order valence-electron chi connectivity index (χ1n) is 8.23. The van der Waals surface area contributed by atoms with Crippen LogP contribution in [0.3, 0.4) is 0 Å². The summed E-state index contributed by atoms with van der Waals surface area (Å²) in [7, 11) is 1.64. The average Bonchev–Trinajstić information content (AvgIpc) is 2.87. The zero-order valence-corrected chi connectivity index (χ0v) is 15.1. The Hall–Kier alpha value is -2.30. The molecule has 1 aromatic carbocycles. The van der Waals surface area contributed by atoms with Gasteiger partial charge in [0, 0.05) is 23.5 Å². The maximum atomic E-state index is 12.4. The molecule has 0 fully saturated rings. The molecule has 5 nitrogen and oxygen atoms in total. The van der Waals surface area contributed by atoms with E-state index in [4.69, 9.17) is 4.42 Å². The van der Waals surface area contributed by atoms with Crippen LogP contribution in [0.2, 0.25) is 0 Å². The Kier molecular flexibility index (Phi) is 5.32. The van der Waals surface area contributed by atoms with Crippen molar-refractivity contribution in [2.45, 2.75) is 46.1 Å². The van der Waals surface area contributed by atoms with Gasteiger partial charge >= 0.3 is 0 Å². The molecule has 0 aliphatic heterocycles. The summed E-state index contributed by atoms with van der Waals surface area (Å²) in [4.78, 5) is 25.8. The summed E-state index contributed by atoms with van der Waals surface area (Å²) in [6.07, 6.45) is 2.79. The molecule has 0 radical (unpaired) electrons. The van der Waals surface area contributed by atoms with Crippen LogP contribution < -0.4 is 5.32 Å². The van der Waals surface area contributed by atoms with Crippen LogP contribution in [0.25, 0.3) is 11.0 Å². The first kappa shape index (κ1) is 18.0. The molecule has 0 bridgehead atoms. The minimum absolute atomic E-state index is 0.0475. The fourth-order valence-electron chi connectivity index (χ4n) is 2.54. The molecule has 0 unspecified atom stereocenters. The topological polar surface area (TPSA) is 62.6 Å². The van der Waals surface area contributed by atoms with Crippen molar-refractivity contribution < 1.29 is 14.0 Å². The number of hydrogen-bond donors (Lipinski definition) is 1. The third-order valence-corrected chi connectivity index (χ3v) is 3.79. The number of fused-ring (bicyclic) bond motifs is 1. The lowest BCUT2D eigenvalue weighted by Gasteiger charge is -2.23. The predicted molar refractivity (Wildman–Crippen MR) is 94.8 cm³/mol. The van der Waals surface area contributed by atoms with E-state index in [2.05, 4.69) is 12.2 Å². The number of aryl methyl sites for hydroxylation is 1. The second kappa shape index (κ2) is 7.07. The number of carbonyl (C=O) groups excluding carboxylic acids is 2. The maximum Gasteiger partial charge on any atom is 0.240 e. The Morgan fingerprint density at radius 3 is 2.58 bits per heavy atom. The molecule has 0 aliphatic carbocycles. The predicted octanol–water partition coefficient (Wildman–Crippen LogP) is 2.91. The molecule has 0 saturated carbocycles. The van der Waals surface area contributed by atoms with E-state index < -0.39 is 0 Å². The number of nitrogens with one attached hydrogen (secondary N) is 1. The van der Waals surface area contributed by atoms with Gasteiger partial charge in [0.2, 0.25) is 11.8 Å². The van der Waals surface area contributed by atoms with Crippen LogP contribution in [-0.2, 0) is 22.4 Å². The largest absolute Gasteiger partial charge is 0.464 e. The fraction of sp³-hybridized carbons (Fsp3) is 0.474. The van der Waals surface area contributed by atoms with Gasteiger partial charge in [-0.05, 0) is 38.8 Å². The number of rotatable bonds is 5. The molecule has 2 rings (SSSR count). The minimum atomic E-state index is -0.307. The molecule has 5 heteroatoms. The second-order valence-corrected chi connectivity index (χ2v) is 7.17. The van der Waals surface area contributed by atoms with E-state index in [0.717, 1.165) is 23.0 Å². The molecule has 1 N–H and O–H groups in total. The Bertz CT molecular complexity index is 741. The lowest BCUT2D eigenvalue weighted by Crippen LogP contribution is -2.46. The quantitative estimate of drug-likeness (QED) is 0.917. The summed E-state index contributed by atoms with van der Waals surface area (Å²) >= 11 is 0. The molecule has 2 aromatic rings. The van der Waals surface area contributed by atoms with Gasteiger partial charge in [-0.15, -0.1) is 0 Å². The van der Waals surface area contributed by atoms with Gasteiger partial charge in [-0.2, -0.15) is 0 Å². The standard InChI is InChI=1S/C19H26N2O3/c1-6-13-7-8-15-14(12-24-16(15)9-13)10-18(23)21(5)11-17(22)20-19(2,3)4/h7-9,12H,6,10-11H2,1-5H3,(H,20,22). The van der Waals surface area contributed by atoms with Crippen LogP contribution in [0, 0.1) is 0 Å². The summed E-state index contributed by atoms with van der Waals surface area (Å²) in [6, 6.07) is 6.04. The molecule has 2 amide bonds. The summed E-state index contributed by atoms with van der Waals surface area (Å²) in [5.41, 5.74) is 2.54.